The van der Waals surface area contributed by atoms with Crippen LogP contribution in [-0.4, -0.2) is 18.1 Å². The summed E-state index contributed by atoms with van der Waals surface area (Å²) in [7, 11) is 0. The van der Waals surface area contributed by atoms with Crippen LogP contribution in [0.4, 0.5) is 0 Å². The minimum absolute atomic E-state index is 0.756. The zero-order valence-corrected chi connectivity index (χ0v) is 17.2. The molecule has 2 nitrogen and oxygen atoms in total. The van der Waals surface area contributed by atoms with Crippen molar-refractivity contribution in [3.05, 3.63) is 82.3 Å². The Morgan fingerprint density at radius 3 is 2.41 bits per heavy atom. The van der Waals surface area contributed by atoms with E-state index < -0.39 is 0 Å². The molecule has 0 N–H and O–H groups in total. The predicted molar refractivity (Wildman–Crippen MR) is 120 cm³/mol. The van der Waals surface area contributed by atoms with Crippen LogP contribution in [0.3, 0.4) is 0 Å². The summed E-state index contributed by atoms with van der Waals surface area (Å²) in [5.41, 5.74) is 6.34. The van der Waals surface area contributed by atoms with Gasteiger partial charge in [0.15, 0.2) is 5.84 Å². The lowest BCUT2D eigenvalue weighted by molar-refractivity contribution is 0.837. The smallest absolute Gasteiger partial charge is 0.154 e. The number of aliphatic imine (C=N–C) groups is 2. The first kappa shape index (κ1) is 19.6. The topological polar surface area (TPSA) is 24.7 Å². The molecule has 2 aromatic carbocycles. The standard InChI is InChI=1S/C24H28N2S/c1-4-23-16-25-24(26-23)22-14-12-21(13-15-22)17-27-19(3)6-5-7-20-10-8-18(2)9-11-20/h8-15H,3-7,16-17H2,1-2H3. The van der Waals surface area contributed by atoms with E-state index in [1.165, 1.54) is 27.3 Å². The van der Waals surface area contributed by atoms with Gasteiger partial charge in [-0.15, -0.1) is 11.8 Å². The zero-order valence-electron chi connectivity index (χ0n) is 16.4. The molecule has 0 atom stereocenters. The van der Waals surface area contributed by atoms with E-state index in [0.717, 1.165) is 49.4 Å². The molecule has 1 aliphatic heterocycles. The highest BCUT2D eigenvalue weighted by atomic mass is 32.2. The lowest BCUT2D eigenvalue weighted by atomic mass is 10.1. The van der Waals surface area contributed by atoms with Crippen LogP contribution >= 0.6 is 11.8 Å². The molecule has 0 bridgehead atoms. The van der Waals surface area contributed by atoms with Crippen LogP contribution < -0.4 is 0 Å². The molecule has 0 saturated heterocycles. The highest BCUT2D eigenvalue weighted by Gasteiger charge is 2.10. The molecule has 0 fully saturated rings. The molecular weight excluding hydrogens is 348 g/mol. The first-order valence-electron chi connectivity index (χ1n) is 9.70. The summed E-state index contributed by atoms with van der Waals surface area (Å²) in [6.45, 7) is 9.26. The summed E-state index contributed by atoms with van der Waals surface area (Å²) in [6, 6.07) is 17.5. The van der Waals surface area contributed by atoms with E-state index in [4.69, 9.17) is 0 Å². The molecular formula is C24H28N2S. The predicted octanol–water partition coefficient (Wildman–Crippen LogP) is 6.38. The second kappa shape index (κ2) is 9.70. The van der Waals surface area contributed by atoms with Crippen molar-refractivity contribution in [1.29, 1.82) is 0 Å². The first-order chi connectivity index (χ1) is 13.1. The maximum Gasteiger partial charge on any atom is 0.154 e. The molecule has 0 amide bonds. The van der Waals surface area contributed by atoms with Gasteiger partial charge in [-0.1, -0.05) is 67.6 Å². The van der Waals surface area contributed by atoms with E-state index >= 15 is 0 Å². The van der Waals surface area contributed by atoms with Crippen molar-refractivity contribution >= 4 is 23.3 Å². The van der Waals surface area contributed by atoms with E-state index in [2.05, 4.69) is 78.9 Å². The number of amidine groups is 1. The molecule has 1 heterocycles. The number of allylic oxidation sites excluding steroid dienone is 1. The van der Waals surface area contributed by atoms with Crippen molar-refractivity contribution in [2.45, 2.75) is 45.3 Å². The average molecular weight is 377 g/mol. The van der Waals surface area contributed by atoms with Crippen LogP contribution in [0.2, 0.25) is 0 Å². The molecule has 0 aliphatic carbocycles. The normalized spacial score (nSPS) is 13.4. The second-order valence-corrected chi connectivity index (χ2v) is 8.19. The van der Waals surface area contributed by atoms with E-state index in [-0.39, 0.29) is 0 Å². The monoisotopic (exact) mass is 376 g/mol. The number of thioether (sulfide) groups is 1. The van der Waals surface area contributed by atoms with Crippen molar-refractivity contribution in [1.82, 2.24) is 0 Å². The summed E-state index contributed by atoms with van der Waals surface area (Å²) in [6.07, 6.45) is 4.33. The van der Waals surface area contributed by atoms with Gasteiger partial charge in [-0.3, -0.25) is 4.99 Å². The molecule has 0 radical (unpaired) electrons. The SMILES string of the molecule is C=C(CCCc1ccc(C)cc1)SCc1ccc(C2=NCC(CC)=N2)cc1. The summed E-state index contributed by atoms with van der Waals surface area (Å²) >= 11 is 1.86. The maximum absolute atomic E-state index is 4.59. The molecule has 2 aromatic rings. The molecule has 140 valence electrons. The zero-order chi connectivity index (χ0) is 19.1. The van der Waals surface area contributed by atoms with Gasteiger partial charge in [-0.2, -0.15) is 0 Å². The Kier molecular flexibility index (Phi) is 7.05. The van der Waals surface area contributed by atoms with E-state index in [1.54, 1.807) is 0 Å². The van der Waals surface area contributed by atoms with Crippen LogP contribution in [0.25, 0.3) is 0 Å². The van der Waals surface area contributed by atoms with Crippen LogP contribution in [0.15, 0.2) is 70.0 Å². The van der Waals surface area contributed by atoms with Gasteiger partial charge >= 0.3 is 0 Å². The van der Waals surface area contributed by atoms with Crippen LogP contribution in [0.1, 0.15) is 48.4 Å². The van der Waals surface area contributed by atoms with Crippen molar-refractivity contribution in [3.63, 3.8) is 0 Å². The molecule has 27 heavy (non-hydrogen) atoms. The Balaban J connectivity index is 1.41. The Morgan fingerprint density at radius 2 is 1.74 bits per heavy atom. The lowest BCUT2D eigenvalue weighted by Crippen LogP contribution is -1.96. The van der Waals surface area contributed by atoms with Crippen LogP contribution in [0, 0.1) is 6.92 Å². The number of hydrogen-bond acceptors (Lipinski definition) is 3. The van der Waals surface area contributed by atoms with Crippen molar-refractivity contribution in [2.75, 3.05) is 6.54 Å². The lowest BCUT2D eigenvalue weighted by Gasteiger charge is -2.07. The van der Waals surface area contributed by atoms with E-state index in [9.17, 15) is 0 Å². The fraction of sp³-hybridized carbons (Fsp3) is 0.333. The molecule has 1 aliphatic rings. The highest BCUT2D eigenvalue weighted by molar-refractivity contribution is 8.02. The van der Waals surface area contributed by atoms with Crippen LogP contribution in [0.5, 0.6) is 0 Å². The Hall–Kier alpha value is -2.13. The molecule has 0 saturated carbocycles. The number of benzene rings is 2. The Bertz CT molecular complexity index is 830. The summed E-state index contributed by atoms with van der Waals surface area (Å²) < 4.78 is 0. The number of aryl methyl sites for hydroxylation is 2. The minimum Gasteiger partial charge on any atom is -0.260 e. The van der Waals surface area contributed by atoms with Gasteiger partial charge in [0.05, 0.1) is 6.54 Å². The number of nitrogens with zero attached hydrogens (tertiary/aromatic N) is 2. The summed E-state index contributed by atoms with van der Waals surface area (Å²) in [5, 5.41) is 0. The van der Waals surface area contributed by atoms with E-state index in [1.807, 2.05) is 11.8 Å². The number of rotatable bonds is 9. The van der Waals surface area contributed by atoms with E-state index in [0.29, 0.717) is 0 Å². The van der Waals surface area contributed by atoms with Crippen molar-refractivity contribution in [3.8, 4) is 0 Å². The van der Waals surface area contributed by atoms with Gasteiger partial charge < -0.3 is 0 Å². The molecule has 3 rings (SSSR count). The molecule has 0 aromatic heterocycles. The van der Waals surface area contributed by atoms with Crippen molar-refractivity contribution < 1.29 is 0 Å². The molecule has 0 spiro atoms. The third-order valence-corrected chi connectivity index (χ3v) is 5.87. The second-order valence-electron chi connectivity index (χ2n) is 7.03. The quantitative estimate of drug-likeness (QED) is 0.498. The number of hydrogen-bond donors (Lipinski definition) is 0. The van der Waals surface area contributed by atoms with Crippen LogP contribution in [-0.2, 0) is 12.2 Å². The summed E-state index contributed by atoms with van der Waals surface area (Å²) in [5.74, 6) is 1.85. The minimum atomic E-state index is 0.756. The fourth-order valence-electron chi connectivity index (χ4n) is 2.99. The Labute approximate surface area is 167 Å². The highest BCUT2D eigenvalue weighted by Crippen LogP contribution is 2.25. The van der Waals surface area contributed by atoms with Gasteiger partial charge in [-0.25, -0.2) is 4.99 Å². The van der Waals surface area contributed by atoms with Gasteiger partial charge in [0.25, 0.3) is 0 Å². The van der Waals surface area contributed by atoms with Gasteiger partial charge in [0, 0.05) is 17.0 Å². The maximum atomic E-state index is 4.59. The van der Waals surface area contributed by atoms with Gasteiger partial charge in [-0.05, 0) is 48.6 Å². The Morgan fingerprint density at radius 1 is 1.04 bits per heavy atom. The van der Waals surface area contributed by atoms with Gasteiger partial charge in [0.2, 0.25) is 0 Å². The fourth-order valence-corrected chi connectivity index (χ4v) is 3.84. The summed E-state index contributed by atoms with van der Waals surface area (Å²) in [4.78, 5) is 10.4. The third-order valence-electron chi connectivity index (χ3n) is 4.78. The average Bonchev–Trinajstić information content (AvgIpc) is 3.18. The third kappa shape index (κ3) is 5.93. The largest absolute Gasteiger partial charge is 0.260 e. The molecule has 0 unspecified atom stereocenters. The van der Waals surface area contributed by atoms with Gasteiger partial charge in [0.1, 0.15) is 0 Å². The molecule has 3 heteroatoms. The first-order valence-corrected chi connectivity index (χ1v) is 10.7. The van der Waals surface area contributed by atoms with Crippen molar-refractivity contribution in [2.24, 2.45) is 9.98 Å².